The summed E-state index contributed by atoms with van der Waals surface area (Å²) in [7, 11) is 1.72. The van der Waals surface area contributed by atoms with Gasteiger partial charge in [-0.05, 0) is 38.1 Å². The van der Waals surface area contributed by atoms with Gasteiger partial charge in [0.1, 0.15) is 11.6 Å². The molecule has 0 bridgehead atoms. The van der Waals surface area contributed by atoms with Crippen molar-refractivity contribution in [3.05, 3.63) is 48.0 Å². The predicted molar refractivity (Wildman–Crippen MR) is 138 cm³/mol. The van der Waals surface area contributed by atoms with Crippen LogP contribution in [0.25, 0.3) is 21.8 Å². The molecule has 2 saturated heterocycles. The number of hydrogen-bond acceptors (Lipinski definition) is 8. The smallest absolute Gasteiger partial charge is 0.317 e. The number of aryl methyl sites for hydroxylation is 1. The molecule has 2 aliphatic heterocycles. The number of nitrogens with zero attached hydrogens (tertiary/aromatic N) is 5. The molecule has 192 valence electrons. The highest BCUT2D eigenvalue weighted by Crippen LogP contribution is 2.32. The molecule has 0 unspecified atom stereocenters. The van der Waals surface area contributed by atoms with E-state index in [9.17, 15) is 9.18 Å². The van der Waals surface area contributed by atoms with Crippen LogP contribution in [0.5, 0.6) is 6.01 Å². The lowest BCUT2D eigenvalue weighted by Crippen LogP contribution is -2.54. The van der Waals surface area contributed by atoms with Crippen LogP contribution in [0.1, 0.15) is 24.2 Å². The molecule has 4 heterocycles. The SMILES string of the molecule is C[C@@H]1CN(c2ccc(C(=O)Nc3cc(F)c4nn(C)cc4c3)c3nc(OC4COC4)ncc23)C[C@@H](C)N1. The summed E-state index contributed by atoms with van der Waals surface area (Å²) in [6.07, 6.45) is 3.30. The molecule has 4 aromatic rings. The molecule has 0 radical (unpaired) electrons. The molecule has 2 aliphatic rings. The lowest BCUT2D eigenvalue weighted by molar-refractivity contribution is -0.0830. The molecule has 1 amide bonds. The van der Waals surface area contributed by atoms with E-state index in [-0.39, 0.29) is 17.6 Å². The molecule has 2 atom stereocenters. The number of halogens is 1. The van der Waals surface area contributed by atoms with Crippen molar-refractivity contribution in [1.29, 1.82) is 0 Å². The van der Waals surface area contributed by atoms with Gasteiger partial charge in [-0.2, -0.15) is 10.1 Å². The Balaban J connectivity index is 1.39. The third-order valence-corrected chi connectivity index (χ3v) is 6.66. The lowest BCUT2D eigenvalue weighted by Gasteiger charge is -2.38. The summed E-state index contributed by atoms with van der Waals surface area (Å²) in [4.78, 5) is 24.8. The van der Waals surface area contributed by atoms with E-state index in [0.29, 0.717) is 47.5 Å². The molecule has 0 spiro atoms. The standard InChI is InChI=1S/C26H28FN7O3/c1-14-9-34(10-15(2)29-14)22-5-4-19(24-20(22)8-28-26(31-24)37-18-12-36-13-18)25(35)30-17-6-16-11-33(3)32-23(16)21(27)7-17/h4-8,11,14-15,18,29H,9-10,12-13H2,1-3H3,(H,30,35)/t14-,15-/m1/s1. The Kier molecular flexibility index (Phi) is 5.88. The Bertz CT molecular complexity index is 1490. The van der Waals surface area contributed by atoms with Gasteiger partial charge in [0.15, 0.2) is 5.82 Å². The Hall–Kier alpha value is -3.83. The summed E-state index contributed by atoms with van der Waals surface area (Å²) in [6.45, 7) is 6.88. The topological polar surface area (TPSA) is 106 Å². The maximum absolute atomic E-state index is 14.6. The number of amides is 1. The molecular weight excluding hydrogens is 477 g/mol. The summed E-state index contributed by atoms with van der Waals surface area (Å²) in [5.74, 6) is -0.908. The largest absolute Gasteiger partial charge is 0.455 e. The average molecular weight is 506 g/mol. The maximum atomic E-state index is 14.6. The number of rotatable bonds is 5. The van der Waals surface area contributed by atoms with Crippen molar-refractivity contribution in [1.82, 2.24) is 25.1 Å². The van der Waals surface area contributed by atoms with Crippen LogP contribution < -0.4 is 20.3 Å². The van der Waals surface area contributed by atoms with Crippen LogP contribution in [0.2, 0.25) is 0 Å². The Morgan fingerprint density at radius 1 is 1.19 bits per heavy atom. The number of nitrogens with one attached hydrogen (secondary N) is 2. The first-order valence-corrected chi connectivity index (χ1v) is 12.3. The molecular formula is C26H28FN7O3. The fourth-order valence-electron chi connectivity index (χ4n) is 5.04. The van der Waals surface area contributed by atoms with E-state index in [1.54, 1.807) is 31.6 Å². The van der Waals surface area contributed by atoms with Crippen LogP contribution in [-0.4, -0.2) is 70.1 Å². The number of ether oxygens (including phenoxy) is 2. The van der Waals surface area contributed by atoms with Crippen molar-refractivity contribution in [2.75, 3.05) is 36.5 Å². The minimum Gasteiger partial charge on any atom is -0.455 e. The van der Waals surface area contributed by atoms with Gasteiger partial charge in [-0.15, -0.1) is 0 Å². The van der Waals surface area contributed by atoms with Gasteiger partial charge in [-0.1, -0.05) is 0 Å². The van der Waals surface area contributed by atoms with E-state index in [1.807, 2.05) is 6.07 Å². The fourth-order valence-corrected chi connectivity index (χ4v) is 5.04. The molecule has 37 heavy (non-hydrogen) atoms. The first-order chi connectivity index (χ1) is 17.8. The highest BCUT2D eigenvalue weighted by molar-refractivity contribution is 6.14. The second-order valence-corrected chi connectivity index (χ2v) is 9.85. The van der Waals surface area contributed by atoms with Crippen molar-refractivity contribution in [3.8, 4) is 6.01 Å². The van der Waals surface area contributed by atoms with E-state index in [0.717, 1.165) is 24.2 Å². The van der Waals surface area contributed by atoms with Gasteiger partial charge in [-0.3, -0.25) is 9.48 Å². The number of aromatic nitrogens is 4. The minimum absolute atomic E-state index is 0.109. The van der Waals surface area contributed by atoms with Crippen molar-refractivity contribution in [3.63, 3.8) is 0 Å². The van der Waals surface area contributed by atoms with Gasteiger partial charge >= 0.3 is 6.01 Å². The summed E-state index contributed by atoms with van der Waals surface area (Å²) in [6, 6.07) is 7.46. The summed E-state index contributed by atoms with van der Waals surface area (Å²) < 4.78 is 27.2. The highest BCUT2D eigenvalue weighted by Gasteiger charge is 2.26. The summed E-state index contributed by atoms with van der Waals surface area (Å²) in [5, 5.41) is 11.8. The third-order valence-electron chi connectivity index (χ3n) is 6.66. The number of piperazine rings is 1. The predicted octanol–water partition coefficient (Wildman–Crippen LogP) is 2.87. The number of carbonyl (C=O) groups is 1. The van der Waals surface area contributed by atoms with Crippen LogP contribution in [0.4, 0.5) is 15.8 Å². The van der Waals surface area contributed by atoms with E-state index >= 15 is 0 Å². The van der Waals surface area contributed by atoms with Gasteiger partial charge in [0.25, 0.3) is 5.91 Å². The molecule has 11 heteroatoms. The monoisotopic (exact) mass is 505 g/mol. The Morgan fingerprint density at radius 3 is 2.70 bits per heavy atom. The highest BCUT2D eigenvalue weighted by atomic mass is 19.1. The zero-order chi connectivity index (χ0) is 25.7. The van der Waals surface area contributed by atoms with Crippen LogP contribution >= 0.6 is 0 Å². The summed E-state index contributed by atoms with van der Waals surface area (Å²) in [5.41, 5.74) is 2.36. The minimum atomic E-state index is -0.503. The van der Waals surface area contributed by atoms with Gasteiger partial charge in [0.2, 0.25) is 0 Å². The molecule has 6 rings (SSSR count). The average Bonchev–Trinajstić information content (AvgIpc) is 3.20. The van der Waals surface area contributed by atoms with Crippen LogP contribution in [0.3, 0.4) is 0 Å². The van der Waals surface area contributed by atoms with Gasteiger partial charge in [0.05, 0.1) is 24.3 Å². The number of fused-ring (bicyclic) bond motifs is 2. The van der Waals surface area contributed by atoms with Crippen molar-refractivity contribution >= 4 is 39.1 Å². The molecule has 0 saturated carbocycles. The molecule has 10 nitrogen and oxygen atoms in total. The zero-order valence-corrected chi connectivity index (χ0v) is 20.9. The van der Waals surface area contributed by atoms with Crippen LogP contribution in [-0.2, 0) is 11.8 Å². The third kappa shape index (κ3) is 4.56. The lowest BCUT2D eigenvalue weighted by atomic mass is 10.0. The van der Waals surface area contributed by atoms with E-state index in [1.165, 1.54) is 10.7 Å². The second-order valence-electron chi connectivity index (χ2n) is 9.85. The van der Waals surface area contributed by atoms with Crippen LogP contribution in [0, 0.1) is 5.82 Å². The van der Waals surface area contributed by atoms with E-state index in [4.69, 9.17) is 9.47 Å². The number of benzene rings is 2. The van der Waals surface area contributed by atoms with E-state index < -0.39 is 11.7 Å². The quantitative estimate of drug-likeness (QED) is 0.427. The molecule has 2 aromatic heterocycles. The number of hydrogen-bond donors (Lipinski definition) is 2. The summed E-state index contributed by atoms with van der Waals surface area (Å²) >= 11 is 0. The molecule has 2 N–H and O–H groups in total. The second kappa shape index (κ2) is 9.24. The molecule has 2 aromatic carbocycles. The number of carbonyl (C=O) groups excluding carboxylic acids is 1. The normalized spacial score (nSPS) is 20.3. The van der Waals surface area contributed by atoms with Crippen molar-refractivity contribution < 1.29 is 18.7 Å². The first-order valence-electron chi connectivity index (χ1n) is 12.3. The Labute approximate surface area is 212 Å². The van der Waals surface area contributed by atoms with Gasteiger partial charge in [0, 0.05) is 66.8 Å². The van der Waals surface area contributed by atoms with Crippen LogP contribution in [0.15, 0.2) is 36.7 Å². The maximum Gasteiger partial charge on any atom is 0.317 e. The zero-order valence-electron chi connectivity index (χ0n) is 20.9. The van der Waals surface area contributed by atoms with E-state index in [2.05, 4.69) is 44.4 Å². The number of anilines is 2. The molecule has 0 aliphatic carbocycles. The first kappa shape index (κ1) is 23.6. The van der Waals surface area contributed by atoms with Crippen molar-refractivity contribution in [2.45, 2.75) is 32.0 Å². The van der Waals surface area contributed by atoms with Crippen molar-refractivity contribution in [2.24, 2.45) is 7.05 Å². The van der Waals surface area contributed by atoms with Gasteiger partial charge in [-0.25, -0.2) is 9.37 Å². The fraction of sp³-hybridized carbons (Fsp3) is 0.385. The Morgan fingerprint density at radius 2 is 1.97 bits per heavy atom. The molecule has 2 fully saturated rings. The van der Waals surface area contributed by atoms with Gasteiger partial charge < -0.3 is 25.0 Å².